The Hall–Kier alpha value is -1.26. The number of nitrogens with one attached hydrogen (secondary N) is 1. The molecule has 0 unspecified atom stereocenters. The summed E-state index contributed by atoms with van der Waals surface area (Å²) in [5.74, 6) is -0.254. The lowest BCUT2D eigenvalue weighted by Gasteiger charge is -2.03. The number of rotatable bonds is 4. The molecule has 2 nitrogen and oxygen atoms in total. The Morgan fingerprint density at radius 2 is 2.27 bits per heavy atom. The van der Waals surface area contributed by atoms with E-state index in [2.05, 4.69) is 16.4 Å². The van der Waals surface area contributed by atoms with Gasteiger partial charge in [-0.2, -0.15) is 0 Å². The van der Waals surface area contributed by atoms with Crippen molar-refractivity contribution < 1.29 is 4.39 Å². The molecule has 0 bridgehead atoms. The van der Waals surface area contributed by atoms with Gasteiger partial charge in [-0.25, -0.2) is 4.39 Å². The van der Waals surface area contributed by atoms with Crippen molar-refractivity contribution in [3.05, 3.63) is 52.2 Å². The van der Waals surface area contributed by atoms with Gasteiger partial charge in [0.05, 0.1) is 6.20 Å². The molecule has 1 N–H and O–H groups in total. The Kier molecular flexibility index (Phi) is 3.42. The fraction of sp³-hybridized carbons (Fsp3) is 0.182. The molecule has 15 heavy (non-hydrogen) atoms. The standard InChI is InChI=1S/C11H11FN2S/c12-11-8-13-4-3-9(11)6-14-7-10-2-1-5-15-10/h1-5,8,14H,6-7H2. The fourth-order valence-corrected chi connectivity index (χ4v) is 1.96. The maximum atomic E-state index is 13.2. The van der Waals surface area contributed by atoms with Crippen LogP contribution >= 0.6 is 11.3 Å². The maximum Gasteiger partial charge on any atom is 0.145 e. The molecule has 0 amide bonds. The second-order valence-corrected chi connectivity index (χ2v) is 4.18. The maximum absolute atomic E-state index is 13.2. The predicted octanol–water partition coefficient (Wildman–Crippen LogP) is 2.57. The first-order valence-corrected chi connectivity index (χ1v) is 5.56. The van der Waals surface area contributed by atoms with E-state index < -0.39 is 0 Å². The number of hydrogen-bond donors (Lipinski definition) is 1. The van der Waals surface area contributed by atoms with E-state index in [1.54, 1.807) is 23.6 Å². The van der Waals surface area contributed by atoms with E-state index in [0.717, 1.165) is 6.54 Å². The number of aromatic nitrogens is 1. The summed E-state index contributed by atoms with van der Waals surface area (Å²) in [5, 5.41) is 5.22. The van der Waals surface area contributed by atoms with Crippen molar-refractivity contribution in [1.29, 1.82) is 0 Å². The van der Waals surface area contributed by atoms with Crippen molar-refractivity contribution in [2.24, 2.45) is 0 Å². The van der Waals surface area contributed by atoms with Gasteiger partial charge >= 0.3 is 0 Å². The molecule has 2 rings (SSSR count). The minimum absolute atomic E-state index is 0.254. The average Bonchev–Trinajstić information content (AvgIpc) is 2.74. The first-order valence-electron chi connectivity index (χ1n) is 4.68. The molecular weight excluding hydrogens is 211 g/mol. The van der Waals surface area contributed by atoms with Crippen molar-refractivity contribution >= 4 is 11.3 Å². The van der Waals surface area contributed by atoms with Gasteiger partial charge in [-0.3, -0.25) is 4.98 Å². The molecule has 0 atom stereocenters. The summed E-state index contributed by atoms with van der Waals surface area (Å²) in [6, 6.07) is 5.76. The van der Waals surface area contributed by atoms with Gasteiger partial charge in [0.15, 0.2) is 0 Å². The lowest BCUT2D eigenvalue weighted by molar-refractivity contribution is 0.583. The SMILES string of the molecule is Fc1cnccc1CNCc1cccs1. The Bertz CT molecular complexity index is 414. The molecule has 0 saturated heterocycles. The van der Waals surface area contributed by atoms with Crippen LogP contribution in [0.2, 0.25) is 0 Å². The third-order valence-corrected chi connectivity index (χ3v) is 2.93. The molecule has 4 heteroatoms. The van der Waals surface area contributed by atoms with Gasteiger partial charge in [0.2, 0.25) is 0 Å². The summed E-state index contributed by atoms with van der Waals surface area (Å²) < 4.78 is 13.2. The first kappa shape index (κ1) is 10.3. The predicted molar refractivity (Wildman–Crippen MR) is 59.1 cm³/mol. The lowest BCUT2D eigenvalue weighted by atomic mass is 10.2. The largest absolute Gasteiger partial charge is 0.308 e. The Morgan fingerprint density at radius 3 is 3.00 bits per heavy atom. The smallest absolute Gasteiger partial charge is 0.145 e. The minimum atomic E-state index is -0.254. The summed E-state index contributed by atoms with van der Waals surface area (Å²) in [7, 11) is 0. The third-order valence-electron chi connectivity index (χ3n) is 2.05. The molecule has 0 aliphatic carbocycles. The van der Waals surface area contributed by atoms with Crippen LogP contribution in [0.4, 0.5) is 4.39 Å². The average molecular weight is 222 g/mol. The van der Waals surface area contributed by atoms with E-state index in [9.17, 15) is 4.39 Å². The van der Waals surface area contributed by atoms with Gasteiger partial charge in [-0.15, -0.1) is 11.3 Å². The zero-order valence-corrected chi connectivity index (χ0v) is 8.93. The van der Waals surface area contributed by atoms with Crippen LogP contribution in [0.25, 0.3) is 0 Å². The highest BCUT2D eigenvalue weighted by Crippen LogP contribution is 2.08. The molecule has 0 aliphatic heterocycles. The van der Waals surface area contributed by atoms with Gasteiger partial charge in [-0.1, -0.05) is 6.07 Å². The Morgan fingerprint density at radius 1 is 1.33 bits per heavy atom. The molecule has 2 aromatic heterocycles. The zero-order chi connectivity index (χ0) is 10.5. The molecule has 0 aliphatic rings. The van der Waals surface area contributed by atoms with Crippen LogP contribution in [0.1, 0.15) is 10.4 Å². The molecular formula is C11H11FN2S. The second-order valence-electron chi connectivity index (χ2n) is 3.15. The van der Waals surface area contributed by atoms with Crippen LogP contribution in [0.15, 0.2) is 36.0 Å². The fourth-order valence-electron chi connectivity index (χ4n) is 1.28. The first-order chi connectivity index (χ1) is 7.36. The van der Waals surface area contributed by atoms with Crippen LogP contribution in [-0.2, 0) is 13.1 Å². The van der Waals surface area contributed by atoms with Gasteiger partial charge < -0.3 is 5.32 Å². The third kappa shape index (κ3) is 2.84. The minimum Gasteiger partial charge on any atom is -0.308 e. The van der Waals surface area contributed by atoms with Gasteiger partial charge in [0.1, 0.15) is 5.82 Å². The van der Waals surface area contributed by atoms with Crippen LogP contribution < -0.4 is 5.32 Å². The van der Waals surface area contributed by atoms with Crippen LogP contribution in [0.5, 0.6) is 0 Å². The summed E-state index contributed by atoms with van der Waals surface area (Å²) in [4.78, 5) is 4.96. The van der Waals surface area contributed by atoms with E-state index in [1.165, 1.54) is 11.1 Å². The summed E-state index contributed by atoms with van der Waals surface area (Å²) in [6.07, 6.45) is 2.84. The number of nitrogens with zero attached hydrogens (tertiary/aromatic N) is 1. The Labute approximate surface area is 91.8 Å². The molecule has 0 saturated carbocycles. The quantitative estimate of drug-likeness (QED) is 0.860. The van der Waals surface area contributed by atoms with Crippen molar-refractivity contribution in [3.63, 3.8) is 0 Å². The monoisotopic (exact) mass is 222 g/mol. The van der Waals surface area contributed by atoms with E-state index in [0.29, 0.717) is 12.1 Å². The number of pyridine rings is 1. The Balaban J connectivity index is 1.86. The zero-order valence-electron chi connectivity index (χ0n) is 8.11. The molecule has 0 aromatic carbocycles. The summed E-state index contributed by atoms with van der Waals surface area (Å²) in [5.41, 5.74) is 0.654. The van der Waals surface area contributed by atoms with Crippen LogP contribution in [-0.4, -0.2) is 4.98 Å². The van der Waals surface area contributed by atoms with E-state index in [-0.39, 0.29) is 5.82 Å². The van der Waals surface area contributed by atoms with Crippen LogP contribution in [0.3, 0.4) is 0 Å². The van der Waals surface area contributed by atoms with E-state index >= 15 is 0 Å². The molecule has 0 radical (unpaired) electrons. The highest BCUT2D eigenvalue weighted by Gasteiger charge is 2.00. The van der Waals surface area contributed by atoms with E-state index in [4.69, 9.17) is 0 Å². The lowest BCUT2D eigenvalue weighted by Crippen LogP contribution is -2.12. The van der Waals surface area contributed by atoms with Crippen molar-refractivity contribution in [1.82, 2.24) is 10.3 Å². The highest BCUT2D eigenvalue weighted by molar-refractivity contribution is 7.09. The summed E-state index contributed by atoms with van der Waals surface area (Å²) >= 11 is 1.69. The second kappa shape index (κ2) is 5.00. The molecule has 78 valence electrons. The molecule has 2 heterocycles. The van der Waals surface area contributed by atoms with Crippen molar-refractivity contribution in [3.8, 4) is 0 Å². The van der Waals surface area contributed by atoms with Crippen LogP contribution in [0, 0.1) is 5.82 Å². The topological polar surface area (TPSA) is 24.9 Å². The number of halogens is 1. The highest BCUT2D eigenvalue weighted by atomic mass is 32.1. The summed E-state index contributed by atoms with van der Waals surface area (Å²) in [6.45, 7) is 1.31. The normalized spacial score (nSPS) is 10.5. The van der Waals surface area contributed by atoms with Crippen molar-refractivity contribution in [2.75, 3.05) is 0 Å². The van der Waals surface area contributed by atoms with Crippen molar-refractivity contribution in [2.45, 2.75) is 13.1 Å². The van der Waals surface area contributed by atoms with E-state index in [1.807, 2.05) is 11.4 Å². The number of thiophene rings is 1. The molecule has 0 fully saturated rings. The van der Waals surface area contributed by atoms with Gasteiger partial charge in [0.25, 0.3) is 0 Å². The molecule has 0 spiro atoms. The number of hydrogen-bond acceptors (Lipinski definition) is 3. The van der Waals surface area contributed by atoms with Gasteiger partial charge in [-0.05, 0) is 17.5 Å². The van der Waals surface area contributed by atoms with Gasteiger partial charge in [0, 0.05) is 29.7 Å². The molecule has 2 aromatic rings.